The standard InChI is InChI=1S/C33H38N2O7S/c1-22(37)34-18-6-2-3-9-31(38)35-26-16-14-25(15-17-26)33-41-27(21-43-30-8-5-4-7-28(30)32(39)40)19-29(42-33)24-12-10-23(20-36)11-13-24/h4-5,7-8,10-17,27,29,33,36H,2-3,6,9,18-21H2,1H3,(H,34,37)(H,35,38)(H,39,40)/t27-,29+,33+/m0/s1. The molecule has 43 heavy (non-hydrogen) atoms. The van der Waals surface area contributed by atoms with E-state index in [0.29, 0.717) is 35.7 Å². The van der Waals surface area contributed by atoms with E-state index in [1.165, 1.54) is 18.7 Å². The number of benzene rings is 3. The first-order valence-electron chi connectivity index (χ1n) is 14.4. The van der Waals surface area contributed by atoms with Crippen molar-refractivity contribution >= 4 is 35.2 Å². The minimum Gasteiger partial charge on any atom is -0.478 e. The number of aliphatic hydroxyl groups excluding tert-OH is 1. The van der Waals surface area contributed by atoms with E-state index in [2.05, 4.69) is 10.6 Å². The maximum atomic E-state index is 12.4. The Morgan fingerprint density at radius 2 is 1.63 bits per heavy atom. The van der Waals surface area contributed by atoms with Crippen molar-refractivity contribution in [1.29, 1.82) is 0 Å². The summed E-state index contributed by atoms with van der Waals surface area (Å²) in [6.45, 7) is 2.07. The van der Waals surface area contributed by atoms with Crippen LogP contribution in [0.25, 0.3) is 0 Å². The van der Waals surface area contributed by atoms with E-state index in [0.717, 1.165) is 36.0 Å². The Bertz CT molecular complexity index is 1360. The Hall–Kier alpha value is -3.70. The number of thioether (sulfide) groups is 1. The maximum absolute atomic E-state index is 12.4. The van der Waals surface area contributed by atoms with Gasteiger partial charge in [0.15, 0.2) is 6.29 Å². The zero-order valence-corrected chi connectivity index (χ0v) is 25.0. The molecule has 3 aromatic rings. The summed E-state index contributed by atoms with van der Waals surface area (Å²) < 4.78 is 12.8. The molecular weight excluding hydrogens is 568 g/mol. The van der Waals surface area contributed by atoms with Crippen LogP contribution in [0.3, 0.4) is 0 Å². The van der Waals surface area contributed by atoms with Crippen LogP contribution in [0.2, 0.25) is 0 Å². The van der Waals surface area contributed by atoms with Gasteiger partial charge in [0.1, 0.15) is 0 Å². The van der Waals surface area contributed by atoms with Crippen molar-refractivity contribution in [3.05, 3.63) is 95.1 Å². The van der Waals surface area contributed by atoms with E-state index in [-0.39, 0.29) is 36.2 Å². The van der Waals surface area contributed by atoms with Gasteiger partial charge in [-0.1, -0.05) is 55.0 Å². The van der Waals surface area contributed by atoms with Crippen LogP contribution in [0.4, 0.5) is 5.69 Å². The fourth-order valence-corrected chi connectivity index (χ4v) is 5.84. The van der Waals surface area contributed by atoms with Crippen molar-refractivity contribution in [3.8, 4) is 0 Å². The first-order valence-corrected chi connectivity index (χ1v) is 15.4. The molecule has 0 bridgehead atoms. The second kappa shape index (κ2) is 16.2. The molecule has 2 amide bonds. The number of hydrogen-bond donors (Lipinski definition) is 4. The lowest BCUT2D eigenvalue weighted by molar-refractivity contribution is -0.245. The minimum atomic E-state index is -0.968. The van der Waals surface area contributed by atoms with E-state index >= 15 is 0 Å². The molecule has 0 radical (unpaired) electrons. The molecule has 4 N–H and O–H groups in total. The predicted octanol–water partition coefficient (Wildman–Crippen LogP) is 5.85. The van der Waals surface area contributed by atoms with Gasteiger partial charge >= 0.3 is 5.97 Å². The fourth-order valence-electron chi connectivity index (χ4n) is 4.77. The molecule has 0 aromatic heterocycles. The smallest absolute Gasteiger partial charge is 0.336 e. The second-order valence-electron chi connectivity index (χ2n) is 10.4. The topological polar surface area (TPSA) is 134 Å². The largest absolute Gasteiger partial charge is 0.478 e. The summed E-state index contributed by atoms with van der Waals surface area (Å²) in [5.41, 5.74) is 3.51. The van der Waals surface area contributed by atoms with E-state index in [4.69, 9.17) is 9.47 Å². The molecule has 1 aliphatic heterocycles. The van der Waals surface area contributed by atoms with Crippen molar-refractivity contribution in [2.24, 2.45) is 0 Å². The molecule has 0 spiro atoms. The Morgan fingerprint density at radius 1 is 0.907 bits per heavy atom. The summed E-state index contributed by atoms with van der Waals surface area (Å²) >= 11 is 1.44. The number of amides is 2. The average molecular weight is 607 g/mol. The molecule has 0 saturated carbocycles. The third kappa shape index (κ3) is 9.93. The highest BCUT2D eigenvalue weighted by atomic mass is 32.2. The number of carbonyl (C=O) groups excluding carboxylic acids is 2. The fraction of sp³-hybridized carbons (Fsp3) is 0.364. The lowest BCUT2D eigenvalue weighted by Crippen LogP contribution is -2.31. The Labute approximate surface area is 256 Å². The molecule has 9 nitrogen and oxygen atoms in total. The van der Waals surface area contributed by atoms with Crippen LogP contribution in [-0.2, 0) is 25.7 Å². The van der Waals surface area contributed by atoms with Crippen molar-refractivity contribution < 1.29 is 34.1 Å². The van der Waals surface area contributed by atoms with Crippen LogP contribution in [0.15, 0.2) is 77.7 Å². The Balaban J connectivity index is 1.39. The molecule has 1 fully saturated rings. The van der Waals surface area contributed by atoms with Gasteiger partial charge < -0.3 is 30.3 Å². The van der Waals surface area contributed by atoms with Gasteiger partial charge in [0.2, 0.25) is 11.8 Å². The number of unbranched alkanes of at least 4 members (excludes halogenated alkanes) is 2. The van der Waals surface area contributed by atoms with Gasteiger partial charge in [-0.05, 0) is 48.2 Å². The third-order valence-corrected chi connectivity index (χ3v) is 8.28. The van der Waals surface area contributed by atoms with Crippen LogP contribution < -0.4 is 10.6 Å². The Kier molecular flexibility index (Phi) is 12.2. The monoisotopic (exact) mass is 606 g/mol. The van der Waals surface area contributed by atoms with Crippen LogP contribution >= 0.6 is 11.8 Å². The van der Waals surface area contributed by atoms with Gasteiger partial charge in [-0.25, -0.2) is 4.79 Å². The lowest BCUT2D eigenvalue weighted by Gasteiger charge is -2.36. The summed E-state index contributed by atoms with van der Waals surface area (Å²) in [4.78, 5) is 35.7. The number of nitrogens with one attached hydrogen (secondary N) is 2. The SMILES string of the molecule is CC(=O)NCCCCCC(=O)Nc1ccc([C@@H]2O[C@H](CSc3ccccc3C(=O)O)C[C@H](c3ccc(CO)cc3)O2)cc1. The third-order valence-electron chi connectivity index (χ3n) is 7.08. The average Bonchev–Trinajstić information content (AvgIpc) is 3.02. The summed E-state index contributed by atoms with van der Waals surface area (Å²) in [7, 11) is 0. The molecule has 10 heteroatoms. The lowest BCUT2D eigenvalue weighted by atomic mass is 10.0. The van der Waals surface area contributed by atoms with Gasteiger partial charge in [0.05, 0.1) is 24.4 Å². The molecule has 1 heterocycles. The normalized spacial score (nSPS) is 18.1. The summed E-state index contributed by atoms with van der Waals surface area (Å²) in [6, 6.07) is 21.9. The number of carboxylic acid groups (broad SMARTS) is 1. The van der Waals surface area contributed by atoms with Crippen molar-refractivity contribution in [3.63, 3.8) is 0 Å². The highest BCUT2D eigenvalue weighted by Gasteiger charge is 2.32. The first-order chi connectivity index (χ1) is 20.8. The van der Waals surface area contributed by atoms with Gasteiger partial charge in [-0.2, -0.15) is 0 Å². The molecule has 0 aliphatic carbocycles. The van der Waals surface area contributed by atoms with Crippen molar-refractivity contribution in [1.82, 2.24) is 5.32 Å². The van der Waals surface area contributed by atoms with Crippen LogP contribution in [-0.4, -0.2) is 46.4 Å². The van der Waals surface area contributed by atoms with Crippen LogP contribution in [0, 0.1) is 0 Å². The van der Waals surface area contributed by atoms with Crippen molar-refractivity contribution in [2.45, 2.75) is 69.0 Å². The molecule has 3 atom stereocenters. The minimum absolute atomic E-state index is 0.0404. The highest BCUT2D eigenvalue weighted by molar-refractivity contribution is 7.99. The number of rotatable bonds is 14. The van der Waals surface area contributed by atoms with Gasteiger partial charge in [-0.3, -0.25) is 9.59 Å². The van der Waals surface area contributed by atoms with Crippen LogP contribution in [0.1, 0.15) is 78.5 Å². The second-order valence-corrected chi connectivity index (χ2v) is 11.5. The number of aromatic carboxylic acids is 1. The molecule has 0 unspecified atom stereocenters. The van der Waals surface area contributed by atoms with E-state index < -0.39 is 12.3 Å². The van der Waals surface area contributed by atoms with Gasteiger partial charge in [0.25, 0.3) is 0 Å². The van der Waals surface area contributed by atoms with Crippen molar-refractivity contribution in [2.75, 3.05) is 17.6 Å². The zero-order chi connectivity index (χ0) is 30.6. The molecule has 4 rings (SSSR count). The maximum Gasteiger partial charge on any atom is 0.336 e. The molecule has 1 saturated heterocycles. The van der Waals surface area contributed by atoms with E-state index in [9.17, 15) is 24.6 Å². The highest BCUT2D eigenvalue weighted by Crippen LogP contribution is 2.40. The van der Waals surface area contributed by atoms with Crippen LogP contribution in [0.5, 0.6) is 0 Å². The number of ether oxygens (including phenoxy) is 2. The summed E-state index contributed by atoms with van der Waals surface area (Å²) in [6.07, 6.45) is 2.26. The zero-order valence-electron chi connectivity index (χ0n) is 24.2. The molecular formula is C33H38N2O7S. The quantitative estimate of drug-likeness (QED) is 0.133. The number of aliphatic hydroxyl groups is 1. The van der Waals surface area contributed by atoms with E-state index in [1.54, 1.807) is 18.2 Å². The number of hydrogen-bond acceptors (Lipinski definition) is 7. The first kappa shape index (κ1) is 32.2. The Morgan fingerprint density at radius 3 is 2.33 bits per heavy atom. The molecule has 3 aromatic carbocycles. The number of carboxylic acids is 1. The van der Waals surface area contributed by atoms with Gasteiger partial charge in [0, 0.05) is 48.2 Å². The number of carbonyl (C=O) groups is 3. The summed E-state index contributed by atoms with van der Waals surface area (Å²) in [5, 5.41) is 24.7. The summed E-state index contributed by atoms with van der Waals surface area (Å²) in [5.74, 6) is -0.547. The molecule has 1 aliphatic rings. The van der Waals surface area contributed by atoms with Gasteiger partial charge in [-0.15, -0.1) is 11.8 Å². The molecule has 228 valence electrons. The number of anilines is 1. The van der Waals surface area contributed by atoms with E-state index in [1.807, 2.05) is 54.6 Å². The predicted molar refractivity (Wildman–Crippen MR) is 165 cm³/mol.